The lowest BCUT2D eigenvalue weighted by Crippen LogP contribution is -2.54. The van der Waals surface area contributed by atoms with Crippen LogP contribution in [0.15, 0.2) is 48.5 Å². The van der Waals surface area contributed by atoms with E-state index in [9.17, 15) is 9.59 Å². The highest BCUT2D eigenvalue weighted by Crippen LogP contribution is 2.33. The molecule has 0 saturated carbocycles. The summed E-state index contributed by atoms with van der Waals surface area (Å²) >= 11 is 0. The fraction of sp³-hybridized carbons (Fsp3) is 0.391. The van der Waals surface area contributed by atoms with Crippen molar-refractivity contribution < 1.29 is 23.8 Å². The molecule has 8 nitrogen and oxygen atoms in total. The fourth-order valence-electron chi connectivity index (χ4n) is 3.75. The Kier molecular flexibility index (Phi) is 6.57. The number of hydrogen-bond acceptors (Lipinski definition) is 6. The molecule has 4 rings (SSSR count). The number of nitrogens with one attached hydrogen (secondary N) is 1. The predicted octanol–water partition coefficient (Wildman–Crippen LogP) is 1.44. The number of nitrogens with zero attached hydrogens (tertiary/aromatic N) is 2. The molecular weight excluding hydrogens is 398 g/mol. The molecule has 0 bridgehead atoms. The number of carbonyl (C=O) groups excluding carboxylic acids is 2. The van der Waals surface area contributed by atoms with E-state index in [4.69, 9.17) is 14.2 Å². The third-order valence-electron chi connectivity index (χ3n) is 5.44. The van der Waals surface area contributed by atoms with Crippen LogP contribution < -0.4 is 19.7 Å². The normalized spacial score (nSPS) is 18.0. The molecule has 2 aromatic carbocycles. The van der Waals surface area contributed by atoms with E-state index in [1.807, 2.05) is 53.4 Å². The van der Waals surface area contributed by atoms with Gasteiger partial charge in [0, 0.05) is 19.6 Å². The van der Waals surface area contributed by atoms with Crippen molar-refractivity contribution in [2.24, 2.45) is 0 Å². The molecule has 2 aliphatic heterocycles. The number of amides is 2. The molecule has 2 heterocycles. The second-order valence-electron chi connectivity index (χ2n) is 7.52. The predicted molar refractivity (Wildman–Crippen MR) is 115 cm³/mol. The minimum atomic E-state index is -0.651. The number of fused-ring (bicyclic) bond motifs is 1. The lowest BCUT2D eigenvalue weighted by molar-refractivity contribution is -0.142. The third kappa shape index (κ3) is 5.08. The molecule has 2 amide bonds. The SMILES string of the molecule is COc1ccc(CNC(=O)CN2CC(C(=O)N3CCOCC3)Oc3ccccc32)cc1. The zero-order valence-electron chi connectivity index (χ0n) is 17.6. The van der Waals surface area contributed by atoms with Gasteiger partial charge in [0.25, 0.3) is 5.91 Å². The van der Waals surface area contributed by atoms with Crippen molar-refractivity contribution >= 4 is 17.5 Å². The quantitative estimate of drug-likeness (QED) is 0.755. The number of ether oxygens (including phenoxy) is 3. The first-order valence-corrected chi connectivity index (χ1v) is 10.4. The van der Waals surface area contributed by atoms with Crippen molar-refractivity contribution in [2.45, 2.75) is 12.6 Å². The van der Waals surface area contributed by atoms with Crippen LogP contribution in [0.1, 0.15) is 5.56 Å². The summed E-state index contributed by atoms with van der Waals surface area (Å²) in [5, 5.41) is 2.95. The van der Waals surface area contributed by atoms with E-state index in [1.165, 1.54) is 0 Å². The third-order valence-corrected chi connectivity index (χ3v) is 5.44. The molecular formula is C23H27N3O5. The summed E-state index contributed by atoms with van der Waals surface area (Å²) in [6.45, 7) is 3.07. The number of hydrogen-bond donors (Lipinski definition) is 1. The van der Waals surface area contributed by atoms with Crippen LogP contribution in [0.3, 0.4) is 0 Å². The molecule has 2 aromatic rings. The fourth-order valence-corrected chi connectivity index (χ4v) is 3.75. The molecule has 0 aliphatic carbocycles. The van der Waals surface area contributed by atoms with Crippen LogP contribution in [0.25, 0.3) is 0 Å². The van der Waals surface area contributed by atoms with E-state index in [0.717, 1.165) is 17.0 Å². The first-order valence-electron chi connectivity index (χ1n) is 10.4. The van der Waals surface area contributed by atoms with Gasteiger partial charge in [-0.3, -0.25) is 9.59 Å². The van der Waals surface area contributed by atoms with Gasteiger partial charge in [-0.1, -0.05) is 24.3 Å². The molecule has 1 unspecified atom stereocenters. The minimum Gasteiger partial charge on any atom is -0.497 e. The van der Waals surface area contributed by atoms with Crippen molar-refractivity contribution in [1.29, 1.82) is 0 Å². The van der Waals surface area contributed by atoms with Crippen LogP contribution in [0.5, 0.6) is 11.5 Å². The number of benzene rings is 2. The van der Waals surface area contributed by atoms with Crippen LogP contribution >= 0.6 is 0 Å². The maximum atomic E-state index is 13.0. The van der Waals surface area contributed by atoms with Crippen LogP contribution in [0.2, 0.25) is 0 Å². The van der Waals surface area contributed by atoms with E-state index in [2.05, 4.69) is 5.32 Å². The van der Waals surface area contributed by atoms with Crippen molar-refractivity contribution in [3.05, 3.63) is 54.1 Å². The zero-order chi connectivity index (χ0) is 21.6. The molecule has 1 fully saturated rings. The molecule has 0 spiro atoms. The monoisotopic (exact) mass is 425 g/mol. The van der Waals surface area contributed by atoms with Gasteiger partial charge in [-0.15, -0.1) is 0 Å². The lowest BCUT2D eigenvalue weighted by atomic mass is 10.1. The number of rotatable bonds is 6. The van der Waals surface area contributed by atoms with Crippen molar-refractivity contribution in [3.8, 4) is 11.5 Å². The van der Waals surface area contributed by atoms with Gasteiger partial charge in [0.05, 0.1) is 39.1 Å². The maximum Gasteiger partial charge on any atom is 0.265 e. The Morgan fingerprint density at radius 1 is 1.10 bits per heavy atom. The Balaban J connectivity index is 1.40. The number of para-hydroxylation sites is 2. The topological polar surface area (TPSA) is 80.3 Å². The lowest BCUT2D eigenvalue weighted by Gasteiger charge is -2.38. The Hall–Kier alpha value is -3.26. The second kappa shape index (κ2) is 9.70. The molecule has 0 aromatic heterocycles. The van der Waals surface area contributed by atoms with E-state index in [-0.39, 0.29) is 18.4 Å². The largest absolute Gasteiger partial charge is 0.497 e. The summed E-state index contributed by atoms with van der Waals surface area (Å²) in [5.41, 5.74) is 1.80. The number of methoxy groups -OCH3 is 1. The molecule has 1 N–H and O–H groups in total. The van der Waals surface area contributed by atoms with E-state index >= 15 is 0 Å². The molecule has 31 heavy (non-hydrogen) atoms. The van der Waals surface area contributed by atoms with Gasteiger partial charge in [-0.25, -0.2) is 0 Å². The molecule has 0 radical (unpaired) electrons. The summed E-state index contributed by atoms with van der Waals surface area (Å²) in [4.78, 5) is 29.3. The van der Waals surface area contributed by atoms with Crippen LogP contribution in [-0.4, -0.2) is 69.3 Å². The van der Waals surface area contributed by atoms with Crippen molar-refractivity contribution in [3.63, 3.8) is 0 Å². The highest BCUT2D eigenvalue weighted by molar-refractivity contribution is 5.86. The van der Waals surface area contributed by atoms with E-state index < -0.39 is 6.10 Å². The average molecular weight is 425 g/mol. The highest BCUT2D eigenvalue weighted by atomic mass is 16.5. The van der Waals surface area contributed by atoms with Crippen LogP contribution in [-0.2, 0) is 20.9 Å². The standard InChI is InChI=1S/C23H27N3O5/c1-29-18-8-6-17(7-9-18)14-24-22(27)16-26-15-21(23(28)25-10-12-30-13-11-25)31-20-5-3-2-4-19(20)26/h2-9,21H,10-16H2,1H3,(H,24,27). The molecule has 2 aliphatic rings. The summed E-state index contributed by atoms with van der Waals surface area (Å²) in [6, 6.07) is 15.1. The minimum absolute atomic E-state index is 0.0681. The number of morpholine rings is 1. The van der Waals surface area contributed by atoms with Gasteiger partial charge in [0.2, 0.25) is 5.91 Å². The van der Waals surface area contributed by atoms with E-state index in [1.54, 1.807) is 12.0 Å². The summed E-state index contributed by atoms with van der Waals surface area (Å²) in [6.07, 6.45) is -0.651. The second-order valence-corrected chi connectivity index (χ2v) is 7.52. The first kappa shape index (κ1) is 21.0. The van der Waals surface area contributed by atoms with Crippen molar-refractivity contribution in [1.82, 2.24) is 10.2 Å². The Morgan fingerprint density at radius 3 is 2.58 bits per heavy atom. The van der Waals surface area contributed by atoms with Gasteiger partial charge in [0.15, 0.2) is 6.10 Å². The maximum absolute atomic E-state index is 13.0. The Labute approximate surface area is 181 Å². The summed E-state index contributed by atoms with van der Waals surface area (Å²) in [5.74, 6) is 1.20. The van der Waals surface area contributed by atoms with Crippen molar-refractivity contribution in [2.75, 3.05) is 51.4 Å². The van der Waals surface area contributed by atoms with Crippen LogP contribution in [0.4, 0.5) is 5.69 Å². The summed E-state index contributed by atoms with van der Waals surface area (Å²) in [7, 11) is 1.62. The Bertz CT molecular complexity index is 912. The summed E-state index contributed by atoms with van der Waals surface area (Å²) < 4.78 is 16.5. The van der Waals surface area contributed by atoms with Gasteiger partial charge in [-0.2, -0.15) is 0 Å². The van der Waals surface area contributed by atoms with Gasteiger partial charge < -0.3 is 29.3 Å². The molecule has 8 heteroatoms. The van der Waals surface area contributed by atoms with Gasteiger partial charge in [-0.05, 0) is 29.8 Å². The zero-order valence-corrected chi connectivity index (χ0v) is 17.6. The smallest absolute Gasteiger partial charge is 0.265 e. The van der Waals surface area contributed by atoms with Gasteiger partial charge in [0.1, 0.15) is 11.5 Å². The molecule has 1 atom stereocenters. The first-order chi connectivity index (χ1) is 15.1. The highest BCUT2D eigenvalue weighted by Gasteiger charge is 2.34. The van der Waals surface area contributed by atoms with Crippen LogP contribution in [0, 0.1) is 0 Å². The average Bonchev–Trinajstić information content (AvgIpc) is 2.83. The number of anilines is 1. The van der Waals surface area contributed by atoms with Gasteiger partial charge >= 0.3 is 0 Å². The van der Waals surface area contributed by atoms with E-state index in [0.29, 0.717) is 45.1 Å². The Morgan fingerprint density at radius 2 is 1.84 bits per heavy atom. The number of carbonyl (C=O) groups is 2. The molecule has 164 valence electrons. The molecule has 1 saturated heterocycles.